The van der Waals surface area contributed by atoms with Crippen molar-refractivity contribution in [2.75, 3.05) is 5.32 Å². The second-order valence-electron chi connectivity index (χ2n) is 4.21. The molecule has 0 aliphatic heterocycles. The van der Waals surface area contributed by atoms with Gasteiger partial charge in [0.25, 0.3) is 11.5 Å². The summed E-state index contributed by atoms with van der Waals surface area (Å²) in [6.45, 7) is 0. The maximum absolute atomic E-state index is 13.5. The molecule has 0 spiro atoms. The lowest BCUT2D eigenvalue weighted by Gasteiger charge is -2.09. The first-order valence-corrected chi connectivity index (χ1v) is 6.12. The molecule has 1 amide bonds. The zero-order chi connectivity index (χ0) is 16.5. The van der Waals surface area contributed by atoms with Crippen molar-refractivity contribution in [2.45, 2.75) is 6.18 Å². The Kier molecular flexibility index (Phi) is 4.23. The van der Waals surface area contributed by atoms with Gasteiger partial charge in [0.15, 0.2) is 0 Å². The number of aromatic nitrogens is 1. The van der Waals surface area contributed by atoms with Crippen molar-refractivity contribution in [2.24, 2.45) is 0 Å². The second-order valence-corrected chi connectivity index (χ2v) is 4.64. The summed E-state index contributed by atoms with van der Waals surface area (Å²) < 4.78 is 51.2. The molecule has 0 fully saturated rings. The van der Waals surface area contributed by atoms with Gasteiger partial charge in [0, 0.05) is 11.2 Å². The van der Waals surface area contributed by atoms with E-state index in [2.05, 4.69) is 0 Å². The molecule has 0 saturated heterocycles. The zero-order valence-corrected chi connectivity index (χ0v) is 11.3. The molecular weight excluding hydrogens is 328 g/mol. The lowest BCUT2D eigenvalue weighted by molar-refractivity contribution is -0.137. The first-order valence-electron chi connectivity index (χ1n) is 5.75. The Morgan fingerprint density at radius 2 is 1.91 bits per heavy atom. The first-order chi connectivity index (χ1) is 10.2. The van der Waals surface area contributed by atoms with Crippen molar-refractivity contribution in [3.05, 3.63) is 62.8 Å². The van der Waals surface area contributed by atoms with E-state index in [0.717, 1.165) is 12.1 Å². The fourth-order valence-electron chi connectivity index (χ4n) is 1.60. The average Bonchev–Trinajstić information content (AvgIpc) is 2.42. The first kappa shape index (κ1) is 16.0. The van der Waals surface area contributed by atoms with Gasteiger partial charge in [-0.05, 0) is 24.3 Å². The minimum Gasteiger partial charge on any atom is -0.327 e. The molecule has 2 N–H and O–H groups in total. The Balaban J connectivity index is 2.36. The summed E-state index contributed by atoms with van der Waals surface area (Å²) in [4.78, 5) is 25.2. The van der Waals surface area contributed by atoms with E-state index in [1.165, 1.54) is 6.07 Å². The average molecular weight is 335 g/mol. The van der Waals surface area contributed by atoms with Crippen molar-refractivity contribution in [3.63, 3.8) is 0 Å². The number of amides is 1. The monoisotopic (exact) mass is 334 g/mol. The van der Waals surface area contributed by atoms with Crippen LogP contribution in [0.25, 0.3) is 0 Å². The smallest absolute Gasteiger partial charge is 0.327 e. The molecule has 0 bridgehead atoms. The maximum atomic E-state index is 13.5. The molecular formula is C13H7ClF4N2O2. The second kappa shape index (κ2) is 5.80. The van der Waals surface area contributed by atoms with Crippen LogP contribution < -0.4 is 10.9 Å². The third-order valence-electron chi connectivity index (χ3n) is 2.65. The Hall–Kier alpha value is -2.35. The van der Waals surface area contributed by atoms with Crippen LogP contribution in [-0.2, 0) is 6.18 Å². The van der Waals surface area contributed by atoms with Crippen LogP contribution >= 0.6 is 11.6 Å². The minimum atomic E-state index is -4.70. The number of rotatable bonds is 2. The predicted molar refractivity (Wildman–Crippen MR) is 71.4 cm³/mol. The van der Waals surface area contributed by atoms with Gasteiger partial charge in [-0.2, -0.15) is 13.2 Å². The predicted octanol–water partition coefficient (Wildman–Crippen LogP) is 3.44. The molecule has 0 aliphatic rings. The van der Waals surface area contributed by atoms with E-state index in [1.807, 2.05) is 10.3 Å². The summed E-state index contributed by atoms with van der Waals surface area (Å²) in [5, 5.41) is 1.99. The number of carbonyl (C=O) groups is 1. The normalized spacial score (nSPS) is 11.3. The van der Waals surface area contributed by atoms with Crippen LogP contribution in [0.3, 0.4) is 0 Å². The molecule has 2 aromatic rings. The molecule has 22 heavy (non-hydrogen) atoms. The quantitative estimate of drug-likeness (QED) is 0.826. The van der Waals surface area contributed by atoms with E-state index in [1.54, 1.807) is 0 Å². The summed E-state index contributed by atoms with van der Waals surface area (Å²) in [5.74, 6) is -2.02. The van der Waals surface area contributed by atoms with Crippen molar-refractivity contribution in [3.8, 4) is 0 Å². The van der Waals surface area contributed by atoms with Gasteiger partial charge < -0.3 is 10.3 Å². The molecule has 0 aliphatic carbocycles. The van der Waals surface area contributed by atoms with Crippen LogP contribution in [0.2, 0.25) is 5.02 Å². The molecule has 1 aromatic carbocycles. The summed E-state index contributed by atoms with van der Waals surface area (Å²) in [7, 11) is 0. The van der Waals surface area contributed by atoms with Gasteiger partial charge in [0.2, 0.25) is 0 Å². The van der Waals surface area contributed by atoms with Crippen LogP contribution in [0.4, 0.5) is 23.2 Å². The van der Waals surface area contributed by atoms with Crippen molar-refractivity contribution in [1.82, 2.24) is 4.98 Å². The van der Waals surface area contributed by atoms with Gasteiger partial charge >= 0.3 is 6.18 Å². The van der Waals surface area contributed by atoms with Gasteiger partial charge in [-0.3, -0.25) is 9.59 Å². The molecule has 0 saturated carbocycles. The highest BCUT2D eigenvalue weighted by atomic mass is 35.5. The Labute approximate surface area is 125 Å². The van der Waals surface area contributed by atoms with Crippen LogP contribution in [0.15, 0.2) is 35.3 Å². The van der Waals surface area contributed by atoms with Crippen molar-refractivity contribution >= 4 is 23.2 Å². The molecule has 0 radical (unpaired) electrons. The summed E-state index contributed by atoms with van der Waals surface area (Å²) in [6, 6.07) is 3.57. The maximum Gasteiger partial charge on any atom is 0.417 e. The minimum absolute atomic E-state index is 0.0597. The third-order valence-corrected chi connectivity index (χ3v) is 2.89. The van der Waals surface area contributed by atoms with Crippen LogP contribution in [-0.4, -0.2) is 10.9 Å². The molecule has 4 nitrogen and oxygen atoms in total. The van der Waals surface area contributed by atoms with Gasteiger partial charge in [-0.1, -0.05) is 11.6 Å². The highest BCUT2D eigenvalue weighted by molar-refractivity contribution is 6.31. The number of carbonyl (C=O) groups excluding carboxylic acids is 1. The number of pyridine rings is 1. The molecule has 2 rings (SSSR count). The number of H-pyrrole nitrogens is 1. The van der Waals surface area contributed by atoms with E-state index in [9.17, 15) is 27.2 Å². The number of alkyl halides is 3. The van der Waals surface area contributed by atoms with Crippen LogP contribution in [0, 0.1) is 5.82 Å². The fourth-order valence-corrected chi connectivity index (χ4v) is 1.77. The van der Waals surface area contributed by atoms with E-state index in [0.29, 0.717) is 12.3 Å². The third kappa shape index (κ3) is 3.45. The van der Waals surface area contributed by atoms with Gasteiger partial charge in [-0.25, -0.2) is 4.39 Å². The number of hydrogen-bond donors (Lipinski definition) is 2. The lowest BCUT2D eigenvalue weighted by Crippen LogP contribution is -2.22. The highest BCUT2D eigenvalue weighted by Crippen LogP contribution is 2.29. The van der Waals surface area contributed by atoms with Gasteiger partial charge in [-0.15, -0.1) is 0 Å². The van der Waals surface area contributed by atoms with Crippen molar-refractivity contribution in [1.29, 1.82) is 0 Å². The highest BCUT2D eigenvalue weighted by Gasteiger charge is 2.31. The largest absolute Gasteiger partial charge is 0.417 e. The molecule has 1 heterocycles. The number of benzene rings is 1. The number of nitrogens with one attached hydrogen (secondary N) is 2. The van der Waals surface area contributed by atoms with Gasteiger partial charge in [0.1, 0.15) is 11.5 Å². The summed E-state index contributed by atoms with van der Waals surface area (Å²) in [6.07, 6.45) is -4.23. The Morgan fingerprint density at radius 1 is 1.23 bits per heavy atom. The topological polar surface area (TPSA) is 62.0 Å². The fraction of sp³-hybridized carbons (Fsp3) is 0.0769. The number of halogens is 5. The summed E-state index contributed by atoms with van der Waals surface area (Å²) in [5.41, 5.74) is -3.26. The molecule has 9 heteroatoms. The molecule has 116 valence electrons. The van der Waals surface area contributed by atoms with Gasteiger partial charge in [0.05, 0.1) is 11.1 Å². The number of aromatic amines is 1. The Bertz CT molecular complexity index is 786. The molecule has 0 unspecified atom stereocenters. The molecule has 1 aromatic heterocycles. The van der Waals surface area contributed by atoms with E-state index < -0.39 is 40.3 Å². The van der Waals surface area contributed by atoms with Crippen molar-refractivity contribution < 1.29 is 22.4 Å². The van der Waals surface area contributed by atoms with Crippen LogP contribution in [0.5, 0.6) is 0 Å². The SMILES string of the molecule is O=C(Nc1cc(C(F)(F)F)c[nH]c1=O)c1cc(Cl)ccc1F. The van der Waals surface area contributed by atoms with E-state index in [-0.39, 0.29) is 5.02 Å². The number of hydrogen-bond acceptors (Lipinski definition) is 2. The van der Waals surface area contributed by atoms with Crippen LogP contribution in [0.1, 0.15) is 15.9 Å². The number of anilines is 1. The standard InChI is InChI=1S/C13H7ClF4N2O2/c14-7-1-2-9(15)8(4-7)11(21)20-10-3-6(13(16,17)18)5-19-12(10)22/h1-5H,(H,19,22)(H,20,21). The zero-order valence-electron chi connectivity index (χ0n) is 10.6. The molecule has 0 atom stereocenters. The summed E-state index contributed by atoms with van der Waals surface area (Å²) >= 11 is 5.62. The van der Waals surface area contributed by atoms with E-state index >= 15 is 0 Å². The Morgan fingerprint density at radius 3 is 2.55 bits per heavy atom. The van der Waals surface area contributed by atoms with E-state index in [4.69, 9.17) is 11.6 Å². The lowest BCUT2D eigenvalue weighted by atomic mass is 10.2.